The second-order valence-electron chi connectivity index (χ2n) is 3.18. The summed E-state index contributed by atoms with van der Waals surface area (Å²) in [6, 6.07) is 7.63. The van der Waals surface area contributed by atoms with Crippen LogP contribution in [0.25, 0.3) is 11.1 Å². The molecule has 0 aliphatic carbocycles. The number of nitrogen functional groups attached to an aromatic ring is 1. The maximum Gasteiger partial charge on any atom is 0.273 e. The fraction of sp³-hybridized carbons (Fsp3) is 0.100. The second-order valence-corrected chi connectivity index (χ2v) is 3.18. The third kappa shape index (κ3) is 1.21. The van der Waals surface area contributed by atoms with E-state index in [1.165, 1.54) is 0 Å². The zero-order valence-corrected chi connectivity index (χ0v) is 7.79. The van der Waals surface area contributed by atoms with E-state index in [0.717, 1.165) is 11.1 Å². The fourth-order valence-electron chi connectivity index (χ4n) is 1.49. The number of nitrogens with two attached hydrogens (primary N) is 1. The van der Waals surface area contributed by atoms with Crippen molar-refractivity contribution in [2.75, 3.05) is 5.73 Å². The number of aromatic nitrogens is 2. The highest BCUT2D eigenvalue weighted by atomic mass is 16.1. The van der Waals surface area contributed by atoms with Gasteiger partial charge in [-0.1, -0.05) is 24.3 Å². The Labute approximate surface area is 80.8 Å². The van der Waals surface area contributed by atoms with Gasteiger partial charge in [0.1, 0.15) is 5.82 Å². The number of nitrogens with one attached hydrogen (secondary N) is 2. The van der Waals surface area contributed by atoms with Gasteiger partial charge in [0, 0.05) is 0 Å². The second kappa shape index (κ2) is 3.06. The zero-order chi connectivity index (χ0) is 10.1. The predicted octanol–water partition coefficient (Wildman–Crippen LogP) is 1.26. The van der Waals surface area contributed by atoms with Crippen molar-refractivity contribution < 1.29 is 0 Å². The molecule has 0 amide bonds. The first-order chi connectivity index (χ1) is 6.70. The quantitative estimate of drug-likeness (QED) is 0.631. The van der Waals surface area contributed by atoms with Crippen LogP contribution >= 0.6 is 0 Å². The SMILES string of the molecule is Cc1ccccc1-c1c(N)[nH][nH]c1=O. The Hall–Kier alpha value is -1.97. The van der Waals surface area contributed by atoms with Gasteiger partial charge in [0.15, 0.2) is 0 Å². The topological polar surface area (TPSA) is 74.7 Å². The summed E-state index contributed by atoms with van der Waals surface area (Å²) in [5, 5.41) is 5.06. The first-order valence-corrected chi connectivity index (χ1v) is 4.32. The summed E-state index contributed by atoms with van der Waals surface area (Å²) < 4.78 is 0. The Balaban J connectivity index is 2.72. The van der Waals surface area contributed by atoms with Crippen LogP contribution in [0.3, 0.4) is 0 Å². The van der Waals surface area contributed by atoms with Gasteiger partial charge in [0.25, 0.3) is 5.56 Å². The molecule has 0 fully saturated rings. The van der Waals surface area contributed by atoms with Gasteiger partial charge in [-0.05, 0) is 18.1 Å². The third-order valence-electron chi connectivity index (χ3n) is 2.22. The van der Waals surface area contributed by atoms with Gasteiger partial charge in [0.2, 0.25) is 0 Å². The van der Waals surface area contributed by atoms with Crippen LogP contribution in [0.2, 0.25) is 0 Å². The predicted molar refractivity (Wildman–Crippen MR) is 56.0 cm³/mol. The molecule has 0 radical (unpaired) electrons. The number of H-pyrrole nitrogens is 2. The minimum Gasteiger partial charge on any atom is -0.383 e. The van der Waals surface area contributed by atoms with E-state index >= 15 is 0 Å². The summed E-state index contributed by atoms with van der Waals surface area (Å²) in [6.45, 7) is 1.95. The monoisotopic (exact) mass is 189 g/mol. The molecule has 1 heterocycles. The third-order valence-corrected chi connectivity index (χ3v) is 2.22. The van der Waals surface area contributed by atoms with Gasteiger partial charge in [-0.3, -0.25) is 15.0 Å². The van der Waals surface area contributed by atoms with Crippen molar-refractivity contribution in [1.82, 2.24) is 10.2 Å². The highest BCUT2D eigenvalue weighted by Gasteiger charge is 2.10. The van der Waals surface area contributed by atoms with Crippen molar-refractivity contribution in [1.29, 1.82) is 0 Å². The molecule has 4 heteroatoms. The lowest BCUT2D eigenvalue weighted by Gasteiger charge is -2.01. The van der Waals surface area contributed by atoms with Crippen molar-refractivity contribution in [3.63, 3.8) is 0 Å². The molecule has 0 aliphatic heterocycles. The van der Waals surface area contributed by atoms with Crippen LogP contribution in [0.4, 0.5) is 5.82 Å². The average molecular weight is 189 g/mol. The minimum atomic E-state index is -0.184. The lowest BCUT2D eigenvalue weighted by Crippen LogP contribution is -2.03. The van der Waals surface area contributed by atoms with Crippen LogP contribution in [0.15, 0.2) is 29.1 Å². The highest BCUT2D eigenvalue weighted by Crippen LogP contribution is 2.23. The largest absolute Gasteiger partial charge is 0.383 e. The van der Waals surface area contributed by atoms with E-state index in [2.05, 4.69) is 10.2 Å². The summed E-state index contributed by atoms with van der Waals surface area (Å²) in [7, 11) is 0. The van der Waals surface area contributed by atoms with E-state index < -0.39 is 0 Å². The van der Waals surface area contributed by atoms with Crippen LogP contribution in [0, 0.1) is 6.92 Å². The van der Waals surface area contributed by atoms with Crippen LogP contribution in [-0.2, 0) is 0 Å². The van der Waals surface area contributed by atoms with Crippen LogP contribution < -0.4 is 11.3 Å². The highest BCUT2D eigenvalue weighted by molar-refractivity contribution is 5.75. The standard InChI is InChI=1S/C10H11N3O/c1-6-4-2-3-5-7(6)8-9(11)12-13-10(8)14/h2-5H,1H3,(H4,11,12,13,14). The Bertz CT molecular complexity index is 510. The van der Waals surface area contributed by atoms with Gasteiger partial charge in [-0.2, -0.15) is 0 Å². The molecule has 2 rings (SSSR count). The molecule has 0 spiro atoms. The summed E-state index contributed by atoms with van der Waals surface area (Å²) in [6.07, 6.45) is 0. The van der Waals surface area contributed by atoms with Gasteiger partial charge in [-0.25, -0.2) is 0 Å². The minimum absolute atomic E-state index is 0.184. The fourth-order valence-corrected chi connectivity index (χ4v) is 1.49. The lowest BCUT2D eigenvalue weighted by atomic mass is 10.0. The Kier molecular flexibility index (Phi) is 1.89. The molecular formula is C10H11N3O. The Morgan fingerprint density at radius 2 is 1.93 bits per heavy atom. The van der Waals surface area contributed by atoms with Gasteiger partial charge in [-0.15, -0.1) is 0 Å². The Morgan fingerprint density at radius 3 is 2.50 bits per heavy atom. The van der Waals surface area contributed by atoms with E-state index in [4.69, 9.17) is 5.73 Å². The molecular weight excluding hydrogens is 178 g/mol. The molecule has 0 aliphatic rings. The molecule has 2 aromatic rings. The molecule has 0 unspecified atom stereocenters. The van der Waals surface area contributed by atoms with Crippen molar-refractivity contribution in [2.45, 2.75) is 6.92 Å². The maximum absolute atomic E-state index is 11.4. The number of hydrogen-bond donors (Lipinski definition) is 3. The van der Waals surface area contributed by atoms with E-state index in [1.807, 2.05) is 31.2 Å². The van der Waals surface area contributed by atoms with E-state index in [9.17, 15) is 4.79 Å². The number of hydrogen-bond acceptors (Lipinski definition) is 2. The van der Waals surface area contributed by atoms with Crippen LogP contribution in [0.1, 0.15) is 5.56 Å². The van der Waals surface area contributed by atoms with E-state index in [1.54, 1.807) is 0 Å². The molecule has 4 N–H and O–H groups in total. The summed E-state index contributed by atoms with van der Waals surface area (Å²) in [4.78, 5) is 11.4. The molecule has 14 heavy (non-hydrogen) atoms. The van der Waals surface area contributed by atoms with E-state index in [-0.39, 0.29) is 5.56 Å². The molecule has 0 bridgehead atoms. The summed E-state index contributed by atoms with van der Waals surface area (Å²) >= 11 is 0. The molecule has 0 saturated carbocycles. The van der Waals surface area contributed by atoms with E-state index in [0.29, 0.717) is 11.4 Å². The number of aryl methyl sites for hydroxylation is 1. The van der Waals surface area contributed by atoms with Crippen molar-refractivity contribution in [3.8, 4) is 11.1 Å². The van der Waals surface area contributed by atoms with Crippen LogP contribution in [0.5, 0.6) is 0 Å². The summed E-state index contributed by atoms with van der Waals surface area (Å²) in [5.41, 5.74) is 7.89. The van der Waals surface area contributed by atoms with Gasteiger partial charge >= 0.3 is 0 Å². The number of benzene rings is 1. The lowest BCUT2D eigenvalue weighted by molar-refractivity contribution is 1.06. The van der Waals surface area contributed by atoms with Crippen molar-refractivity contribution >= 4 is 5.82 Å². The smallest absolute Gasteiger partial charge is 0.273 e. The average Bonchev–Trinajstić information content (AvgIpc) is 2.48. The number of anilines is 1. The molecule has 0 atom stereocenters. The van der Waals surface area contributed by atoms with Gasteiger partial charge < -0.3 is 5.73 Å². The van der Waals surface area contributed by atoms with Crippen LogP contribution in [-0.4, -0.2) is 10.2 Å². The first-order valence-electron chi connectivity index (χ1n) is 4.32. The number of aromatic amines is 2. The molecule has 0 saturated heterocycles. The normalized spacial score (nSPS) is 10.4. The maximum atomic E-state index is 11.4. The summed E-state index contributed by atoms with van der Waals surface area (Å²) in [5.74, 6) is 0.379. The molecule has 1 aromatic carbocycles. The Morgan fingerprint density at radius 1 is 1.21 bits per heavy atom. The first kappa shape index (κ1) is 8.62. The molecule has 1 aromatic heterocycles. The van der Waals surface area contributed by atoms with Gasteiger partial charge in [0.05, 0.1) is 5.56 Å². The van der Waals surface area contributed by atoms with Crippen molar-refractivity contribution in [3.05, 3.63) is 40.2 Å². The zero-order valence-electron chi connectivity index (χ0n) is 7.79. The molecule has 72 valence electrons. The number of rotatable bonds is 1. The molecule has 4 nitrogen and oxygen atoms in total. The van der Waals surface area contributed by atoms with Crippen molar-refractivity contribution in [2.24, 2.45) is 0 Å².